The van der Waals surface area contributed by atoms with Gasteiger partial charge in [-0.2, -0.15) is 15.1 Å². The van der Waals surface area contributed by atoms with E-state index in [4.69, 9.17) is 9.83 Å². The van der Waals surface area contributed by atoms with E-state index in [0.29, 0.717) is 22.3 Å². The van der Waals surface area contributed by atoms with E-state index in [1.165, 1.54) is 35.0 Å². The van der Waals surface area contributed by atoms with E-state index in [0.717, 1.165) is 36.3 Å². The molecular weight excluding hydrogens is 430 g/mol. The van der Waals surface area contributed by atoms with Gasteiger partial charge in [0.25, 0.3) is 11.6 Å². The largest absolute Gasteiger partial charge is 0.457 e. The summed E-state index contributed by atoms with van der Waals surface area (Å²) in [5.41, 5.74) is 1.45. The molecule has 1 N–H and O–H groups in total. The number of hydrazone groups is 1. The number of hydrogen-bond acceptors (Lipinski definition) is 7. The van der Waals surface area contributed by atoms with Crippen LogP contribution in [0, 0.1) is 22.4 Å². The standard InChI is InChI=1S/C22H21N5O4S/c1-3-4-5-6-19-25-26-20(23)17(21(28)24-22(26)32-19)12-15-9-10-18(31-15)16-11-14(27(29)30)8-7-13(16)2/h7-12,23H,3-6H2,1-2H3/b17-12+,23-20?. The second-order valence-electron chi connectivity index (χ2n) is 7.43. The van der Waals surface area contributed by atoms with E-state index in [9.17, 15) is 14.9 Å². The van der Waals surface area contributed by atoms with Crippen molar-refractivity contribution >= 4 is 45.5 Å². The van der Waals surface area contributed by atoms with Gasteiger partial charge in [0.2, 0.25) is 5.17 Å². The number of nitrogens with zero attached hydrogens (tertiary/aromatic N) is 4. The van der Waals surface area contributed by atoms with Crippen molar-refractivity contribution in [2.45, 2.75) is 39.5 Å². The van der Waals surface area contributed by atoms with Gasteiger partial charge in [0.05, 0.1) is 10.5 Å². The molecule has 9 nitrogen and oxygen atoms in total. The van der Waals surface area contributed by atoms with E-state index < -0.39 is 10.8 Å². The van der Waals surface area contributed by atoms with Gasteiger partial charge in [-0.1, -0.05) is 25.8 Å². The lowest BCUT2D eigenvalue weighted by molar-refractivity contribution is -0.384. The van der Waals surface area contributed by atoms with E-state index in [-0.39, 0.29) is 17.1 Å². The second kappa shape index (κ2) is 8.91. The Morgan fingerprint density at radius 3 is 2.84 bits per heavy atom. The fourth-order valence-corrected chi connectivity index (χ4v) is 4.29. The molecule has 2 aliphatic rings. The zero-order valence-corrected chi connectivity index (χ0v) is 18.4. The summed E-state index contributed by atoms with van der Waals surface area (Å²) in [4.78, 5) is 27.3. The number of non-ortho nitro benzene ring substituents is 1. The Balaban J connectivity index is 1.59. The number of amides is 1. The van der Waals surface area contributed by atoms with Gasteiger partial charge in [0.1, 0.15) is 16.6 Å². The van der Waals surface area contributed by atoms with Crippen LogP contribution in [0.5, 0.6) is 0 Å². The number of carbonyl (C=O) groups excluding carboxylic acids is 1. The third-order valence-electron chi connectivity index (χ3n) is 5.10. The third kappa shape index (κ3) is 4.26. The minimum absolute atomic E-state index is 0.0351. The maximum absolute atomic E-state index is 12.6. The number of nitrogens with one attached hydrogen (secondary N) is 1. The van der Waals surface area contributed by atoms with Gasteiger partial charge in [0.15, 0.2) is 5.84 Å². The minimum Gasteiger partial charge on any atom is -0.457 e. The van der Waals surface area contributed by atoms with Gasteiger partial charge in [-0.25, -0.2) is 0 Å². The number of carbonyl (C=O) groups is 1. The molecule has 0 spiro atoms. The van der Waals surface area contributed by atoms with E-state index in [2.05, 4.69) is 17.0 Å². The molecule has 1 amide bonds. The Bertz CT molecular complexity index is 1210. The van der Waals surface area contributed by atoms with Gasteiger partial charge in [-0.15, -0.1) is 0 Å². The first-order valence-corrected chi connectivity index (χ1v) is 11.0. The summed E-state index contributed by atoms with van der Waals surface area (Å²) in [5, 5.41) is 26.6. The lowest BCUT2D eigenvalue weighted by Crippen LogP contribution is -2.35. The Labute approximate surface area is 188 Å². The number of nitro groups is 1. The van der Waals surface area contributed by atoms with Gasteiger partial charge >= 0.3 is 0 Å². The van der Waals surface area contributed by atoms with E-state index >= 15 is 0 Å². The summed E-state index contributed by atoms with van der Waals surface area (Å²) in [7, 11) is 0. The van der Waals surface area contributed by atoms with Gasteiger partial charge < -0.3 is 4.42 Å². The molecule has 2 aliphatic heterocycles. The first-order valence-electron chi connectivity index (χ1n) is 10.2. The van der Waals surface area contributed by atoms with Crippen molar-refractivity contribution < 1.29 is 14.1 Å². The number of aliphatic imine (C=N–C) groups is 1. The number of hydrogen-bond donors (Lipinski definition) is 1. The molecule has 0 saturated carbocycles. The molecule has 32 heavy (non-hydrogen) atoms. The van der Waals surface area contributed by atoms with Crippen molar-refractivity contribution in [2.75, 3.05) is 0 Å². The molecule has 1 aromatic carbocycles. The number of aryl methyl sites for hydroxylation is 1. The highest BCUT2D eigenvalue weighted by atomic mass is 32.2. The van der Waals surface area contributed by atoms with Crippen LogP contribution in [0.2, 0.25) is 0 Å². The van der Waals surface area contributed by atoms with Crippen LogP contribution in [0.15, 0.2) is 50.4 Å². The Morgan fingerprint density at radius 2 is 2.09 bits per heavy atom. The highest BCUT2D eigenvalue weighted by molar-refractivity contribution is 8.26. The van der Waals surface area contributed by atoms with Gasteiger partial charge in [0, 0.05) is 17.7 Å². The van der Waals surface area contributed by atoms with Gasteiger partial charge in [-0.05, 0) is 55.3 Å². The summed E-state index contributed by atoms with van der Waals surface area (Å²) in [5.74, 6) is 0.201. The predicted octanol–water partition coefficient (Wildman–Crippen LogP) is 5.36. The third-order valence-corrected chi connectivity index (χ3v) is 6.07. The number of benzene rings is 1. The highest BCUT2D eigenvalue weighted by Gasteiger charge is 2.35. The zero-order chi connectivity index (χ0) is 22.8. The molecule has 164 valence electrons. The number of rotatable bonds is 7. The molecule has 3 heterocycles. The predicted molar refractivity (Wildman–Crippen MR) is 125 cm³/mol. The minimum atomic E-state index is -0.525. The summed E-state index contributed by atoms with van der Waals surface area (Å²) < 4.78 is 5.83. The normalized spacial score (nSPS) is 16.9. The molecule has 0 aliphatic carbocycles. The summed E-state index contributed by atoms with van der Waals surface area (Å²) >= 11 is 1.33. The average Bonchev–Trinajstić information content (AvgIpc) is 3.38. The highest BCUT2D eigenvalue weighted by Crippen LogP contribution is 2.32. The zero-order valence-electron chi connectivity index (χ0n) is 17.6. The van der Waals surface area contributed by atoms with E-state index in [1.54, 1.807) is 18.2 Å². The van der Waals surface area contributed by atoms with Crippen LogP contribution in [0.3, 0.4) is 0 Å². The lowest BCUT2D eigenvalue weighted by Gasteiger charge is -2.19. The van der Waals surface area contributed by atoms with Crippen molar-refractivity contribution in [3.05, 3.63) is 57.3 Å². The first kappa shape index (κ1) is 21.7. The van der Waals surface area contributed by atoms with Crippen molar-refractivity contribution in [1.82, 2.24) is 5.01 Å². The molecular formula is C22H21N5O4S. The fraction of sp³-hybridized carbons (Fsp3) is 0.273. The Hall–Kier alpha value is -3.53. The number of furan rings is 1. The maximum atomic E-state index is 12.6. The van der Waals surface area contributed by atoms with Crippen molar-refractivity contribution in [3.63, 3.8) is 0 Å². The Kier molecular flexibility index (Phi) is 6.04. The van der Waals surface area contributed by atoms with Crippen LogP contribution in [-0.2, 0) is 4.79 Å². The fourth-order valence-electron chi connectivity index (χ4n) is 3.37. The molecule has 0 saturated heterocycles. The molecule has 0 radical (unpaired) electrons. The molecule has 10 heteroatoms. The second-order valence-corrected chi connectivity index (χ2v) is 8.47. The number of thioether (sulfide) groups is 1. The quantitative estimate of drug-likeness (QED) is 0.261. The van der Waals surface area contributed by atoms with E-state index in [1.807, 2.05) is 6.92 Å². The molecule has 0 bridgehead atoms. The number of unbranched alkanes of at least 4 members (excludes halogenated alkanes) is 2. The molecule has 0 atom stereocenters. The monoisotopic (exact) mass is 451 g/mol. The Morgan fingerprint density at radius 1 is 1.28 bits per heavy atom. The molecule has 0 unspecified atom stereocenters. The maximum Gasteiger partial charge on any atom is 0.283 e. The van der Waals surface area contributed by atoms with Crippen LogP contribution in [-0.4, -0.2) is 31.9 Å². The molecule has 0 fully saturated rings. The average molecular weight is 452 g/mol. The first-order chi connectivity index (χ1) is 15.4. The number of nitro benzene ring substituents is 1. The lowest BCUT2D eigenvalue weighted by atomic mass is 10.1. The summed E-state index contributed by atoms with van der Waals surface area (Å²) in [6.07, 6.45) is 5.44. The van der Waals surface area contributed by atoms with Crippen LogP contribution in [0.1, 0.15) is 43.9 Å². The number of fused-ring (bicyclic) bond motifs is 1. The molecule has 1 aromatic heterocycles. The van der Waals surface area contributed by atoms with Crippen LogP contribution >= 0.6 is 11.8 Å². The van der Waals surface area contributed by atoms with Crippen molar-refractivity contribution in [3.8, 4) is 11.3 Å². The van der Waals surface area contributed by atoms with Crippen molar-refractivity contribution in [1.29, 1.82) is 5.41 Å². The van der Waals surface area contributed by atoms with Crippen LogP contribution in [0.4, 0.5) is 5.69 Å². The SMILES string of the molecule is CCCCCC1=NN2C(=N)/C(=C\c3ccc(-c4cc([N+](=O)[O-])ccc4C)o3)C(=O)N=C2S1. The van der Waals surface area contributed by atoms with Crippen LogP contribution in [0.25, 0.3) is 17.4 Å². The topological polar surface area (TPSA) is 125 Å². The van der Waals surface area contributed by atoms with Crippen LogP contribution < -0.4 is 0 Å². The summed E-state index contributed by atoms with van der Waals surface area (Å²) in [6.45, 7) is 3.96. The molecule has 2 aromatic rings. The summed E-state index contributed by atoms with van der Waals surface area (Å²) in [6, 6.07) is 7.88. The molecule has 4 rings (SSSR count). The van der Waals surface area contributed by atoms with Crippen molar-refractivity contribution in [2.24, 2.45) is 10.1 Å². The van der Waals surface area contributed by atoms with Gasteiger partial charge in [-0.3, -0.25) is 20.3 Å². The number of amidine groups is 2. The smallest absolute Gasteiger partial charge is 0.283 e.